The van der Waals surface area contributed by atoms with E-state index in [1.807, 2.05) is 30.3 Å². The number of hydrogen-bond donors (Lipinski definition) is 0. The van der Waals surface area contributed by atoms with Crippen LogP contribution in [-0.4, -0.2) is 39.6 Å². The fourth-order valence-corrected chi connectivity index (χ4v) is 6.06. The summed E-state index contributed by atoms with van der Waals surface area (Å²) in [7, 11) is -3.71. The fourth-order valence-electron chi connectivity index (χ4n) is 4.61. The maximum absolute atomic E-state index is 13.6. The Hall–Kier alpha value is -3.38. The Morgan fingerprint density at radius 3 is 2.18 bits per heavy atom. The molecule has 0 spiro atoms. The highest BCUT2D eigenvalue weighted by molar-refractivity contribution is 7.91. The van der Waals surface area contributed by atoms with Gasteiger partial charge in [0.15, 0.2) is 0 Å². The van der Waals surface area contributed by atoms with Crippen molar-refractivity contribution >= 4 is 32.1 Å². The van der Waals surface area contributed by atoms with E-state index >= 15 is 0 Å². The third kappa shape index (κ3) is 3.85. The SMILES string of the molecule is Cc1cccc(N2CCN(c3c(S(=O)(=O)c4ccccc4)cnc4ccccc34)CC2)c1C. The zero-order valence-corrected chi connectivity index (χ0v) is 19.7. The van der Waals surface area contributed by atoms with Gasteiger partial charge in [0.2, 0.25) is 9.84 Å². The minimum Gasteiger partial charge on any atom is -0.368 e. The van der Waals surface area contributed by atoms with Crippen molar-refractivity contribution in [3.63, 3.8) is 0 Å². The van der Waals surface area contributed by atoms with Crippen LogP contribution in [0.1, 0.15) is 11.1 Å². The molecule has 5 rings (SSSR count). The van der Waals surface area contributed by atoms with E-state index in [2.05, 4.69) is 46.8 Å². The topological polar surface area (TPSA) is 53.5 Å². The molecule has 3 aromatic carbocycles. The minimum absolute atomic E-state index is 0.271. The lowest BCUT2D eigenvalue weighted by Crippen LogP contribution is -2.47. The second-order valence-electron chi connectivity index (χ2n) is 8.50. The van der Waals surface area contributed by atoms with Crippen molar-refractivity contribution in [2.45, 2.75) is 23.6 Å². The Kier molecular flexibility index (Phi) is 5.54. The van der Waals surface area contributed by atoms with Gasteiger partial charge in [-0.15, -0.1) is 0 Å². The van der Waals surface area contributed by atoms with E-state index < -0.39 is 9.84 Å². The van der Waals surface area contributed by atoms with Crippen molar-refractivity contribution in [3.8, 4) is 0 Å². The molecular weight excluding hydrogens is 430 g/mol. The lowest BCUT2D eigenvalue weighted by molar-refractivity contribution is 0.594. The molecule has 168 valence electrons. The van der Waals surface area contributed by atoms with Gasteiger partial charge in [0.05, 0.1) is 16.1 Å². The normalized spacial score (nSPS) is 14.6. The molecule has 6 heteroatoms. The minimum atomic E-state index is -3.71. The number of anilines is 2. The highest BCUT2D eigenvalue weighted by atomic mass is 32.2. The number of sulfone groups is 1. The molecule has 1 aromatic heterocycles. The third-order valence-corrected chi connectivity index (χ3v) is 8.34. The van der Waals surface area contributed by atoms with Crippen LogP contribution in [0.25, 0.3) is 10.9 Å². The zero-order chi connectivity index (χ0) is 23.0. The van der Waals surface area contributed by atoms with Crippen molar-refractivity contribution < 1.29 is 8.42 Å². The van der Waals surface area contributed by atoms with Crippen LogP contribution in [0.5, 0.6) is 0 Å². The summed E-state index contributed by atoms with van der Waals surface area (Å²) in [5.74, 6) is 0. The Bertz CT molecular complexity index is 1410. The van der Waals surface area contributed by atoms with Gasteiger partial charge in [0, 0.05) is 43.4 Å². The first kappa shape index (κ1) is 21.5. The molecule has 0 atom stereocenters. The quantitative estimate of drug-likeness (QED) is 0.431. The number of fused-ring (bicyclic) bond motifs is 1. The number of aryl methyl sites for hydroxylation is 1. The predicted molar refractivity (Wildman–Crippen MR) is 134 cm³/mol. The summed E-state index contributed by atoms with van der Waals surface area (Å²) in [5, 5.41) is 0.870. The van der Waals surface area contributed by atoms with Gasteiger partial charge in [-0.25, -0.2) is 8.42 Å². The number of para-hydroxylation sites is 1. The summed E-state index contributed by atoms with van der Waals surface area (Å²) in [6.45, 7) is 7.42. The van der Waals surface area contributed by atoms with Crippen LogP contribution in [0, 0.1) is 13.8 Å². The second kappa shape index (κ2) is 8.52. The van der Waals surface area contributed by atoms with Crippen molar-refractivity contribution in [1.82, 2.24) is 4.98 Å². The van der Waals surface area contributed by atoms with Gasteiger partial charge in [-0.05, 0) is 49.2 Å². The molecule has 0 unspecified atom stereocenters. The maximum Gasteiger partial charge on any atom is 0.210 e. The van der Waals surface area contributed by atoms with Crippen molar-refractivity contribution in [1.29, 1.82) is 0 Å². The lowest BCUT2D eigenvalue weighted by Gasteiger charge is -2.39. The van der Waals surface area contributed by atoms with E-state index in [0.29, 0.717) is 0 Å². The van der Waals surface area contributed by atoms with Crippen LogP contribution in [0.15, 0.2) is 88.8 Å². The molecule has 1 aliphatic rings. The standard InChI is InChI=1S/C27H27N3O2S/c1-20-9-8-14-25(21(20)2)29-15-17-30(18-16-29)27-23-12-6-7-13-24(23)28-19-26(27)33(31,32)22-10-4-3-5-11-22/h3-14,19H,15-18H2,1-2H3. The van der Waals surface area contributed by atoms with Gasteiger partial charge in [-0.1, -0.05) is 48.5 Å². The molecule has 1 aliphatic heterocycles. The first-order valence-corrected chi connectivity index (χ1v) is 12.7. The monoisotopic (exact) mass is 457 g/mol. The van der Waals surface area contributed by atoms with Crippen molar-refractivity contribution in [2.75, 3.05) is 36.0 Å². The molecule has 0 radical (unpaired) electrons. The molecule has 1 fully saturated rings. The summed E-state index contributed by atoms with van der Waals surface area (Å²) in [5.41, 5.74) is 5.40. The number of pyridine rings is 1. The average molecular weight is 458 g/mol. The van der Waals surface area contributed by atoms with Crippen LogP contribution >= 0.6 is 0 Å². The lowest BCUT2D eigenvalue weighted by atomic mass is 10.1. The highest BCUT2D eigenvalue weighted by Crippen LogP contribution is 2.36. The van der Waals surface area contributed by atoms with Gasteiger partial charge in [-0.3, -0.25) is 4.98 Å². The molecule has 0 saturated carbocycles. The van der Waals surface area contributed by atoms with E-state index in [0.717, 1.165) is 42.8 Å². The molecular formula is C27H27N3O2S. The largest absolute Gasteiger partial charge is 0.368 e. The van der Waals surface area contributed by atoms with Crippen LogP contribution in [-0.2, 0) is 9.84 Å². The van der Waals surface area contributed by atoms with E-state index in [-0.39, 0.29) is 9.79 Å². The second-order valence-corrected chi connectivity index (χ2v) is 10.4. The fraction of sp³-hybridized carbons (Fsp3) is 0.222. The average Bonchev–Trinajstić information content (AvgIpc) is 2.86. The molecule has 33 heavy (non-hydrogen) atoms. The Labute approximate surface area is 195 Å². The van der Waals surface area contributed by atoms with Crippen LogP contribution in [0.2, 0.25) is 0 Å². The number of nitrogens with zero attached hydrogens (tertiary/aromatic N) is 3. The maximum atomic E-state index is 13.6. The van der Waals surface area contributed by atoms with Gasteiger partial charge in [0.25, 0.3) is 0 Å². The Morgan fingerprint density at radius 2 is 1.42 bits per heavy atom. The number of hydrogen-bond acceptors (Lipinski definition) is 5. The molecule has 4 aromatic rings. The number of aromatic nitrogens is 1. The van der Waals surface area contributed by atoms with Crippen molar-refractivity contribution in [3.05, 3.63) is 90.1 Å². The van der Waals surface area contributed by atoms with E-state index in [9.17, 15) is 8.42 Å². The Morgan fingerprint density at radius 1 is 0.758 bits per heavy atom. The molecule has 0 aliphatic carbocycles. The summed E-state index contributed by atoms with van der Waals surface area (Å²) in [4.78, 5) is 9.66. The molecule has 1 saturated heterocycles. The van der Waals surface area contributed by atoms with Gasteiger partial charge < -0.3 is 9.80 Å². The number of benzene rings is 3. The highest BCUT2D eigenvalue weighted by Gasteiger charge is 2.29. The zero-order valence-electron chi connectivity index (χ0n) is 18.9. The van der Waals surface area contributed by atoms with Crippen LogP contribution in [0.3, 0.4) is 0 Å². The third-order valence-electron chi connectivity index (χ3n) is 6.57. The van der Waals surface area contributed by atoms with Gasteiger partial charge >= 0.3 is 0 Å². The first-order chi connectivity index (χ1) is 16.0. The van der Waals surface area contributed by atoms with Gasteiger partial charge in [0.1, 0.15) is 4.90 Å². The number of rotatable bonds is 4. The smallest absolute Gasteiger partial charge is 0.210 e. The summed E-state index contributed by atoms with van der Waals surface area (Å²) in [6.07, 6.45) is 1.52. The molecule has 0 amide bonds. The first-order valence-electron chi connectivity index (χ1n) is 11.2. The van der Waals surface area contributed by atoms with E-state index in [4.69, 9.17) is 0 Å². The van der Waals surface area contributed by atoms with Gasteiger partial charge in [-0.2, -0.15) is 0 Å². The summed E-state index contributed by atoms with van der Waals surface area (Å²) < 4.78 is 27.3. The molecule has 0 N–H and O–H groups in total. The molecule has 0 bridgehead atoms. The van der Waals surface area contributed by atoms with E-state index in [1.54, 1.807) is 24.3 Å². The summed E-state index contributed by atoms with van der Waals surface area (Å²) in [6, 6.07) is 22.8. The van der Waals surface area contributed by atoms with Crippen molar-refractivity contribution in [2.24, 2.45) is 0 Å². The molecule has 5 nitrogen and oxygen atoms in total. The Balaban J connectivity index is 1.56. The van der Waals surface area contributed by atoms with Crippen LogP contribution < -0.4 is 9.80 Å². The van der Waals surface area contributed by atoms with Crippen LogP contribution in [0.4, 0.5) is 11.4 Å². The number of piperazine rings is 1. The molecule has 2 heterocycles. The van der Waals surface area contributed by atoms with E-state index in [1.165, 1.54) is 23.0 Å². The predicted octanol–water partition coefficient (Wildman–Crippen LogP) is 5.01. The summed E-state index contributed by atoms with van der Waals surface area (Å²) >= 11 is 0.